The van der Waals surface area contributed by atoms with E-state index in [1.54, 1.807) is 50.6 Å². The molecule has 0 saturated carbocycles. The second-order valence-corrected chi connectivity index (χ2v) is 6.13. The van der Waals surface area contributed by atoms with Crippen LogP contribution in [0.4, 0.5) is 0 Å². The Hall–Kier alpha value is -3.35. The van der Waals surface area contributed by atoms with Gasteiger partial charge in [-0.3, -0.25) is 9.59 Å². The minimum Gasteiger partial charge on any atom is -0.497 e. The first-order valence-electron chi connectivity index (χ1n) is 8.45. The first-order valence-corrected chi connectivity index (χ1v) is 8.45. The Bertz CT molecular complexity index is 1060. The molecule has 1 aromatic heterocycles. The summed E-state index contributed by atoms with van der Waals surface area (Å²) in [5.74, 6) is 0.929. The van der Waals surface area contributed by atoms with Crippen molar-refractivity contribution in [1.29, 1.82) is 0 Å². The van der Waals surface area contributed by atoms with Crippen LogP contribution in [0, 0.1) is 0 Å². The van der Waals surface area contributed by atoms with Gasteiger partial charge in [-0.25, -0.2) is 4.68 Å². The Kier molecular flexibility index (Phi) is 5.12. The summed E-state index contributed by atoms with van der Waals surface area (Å²) < 4.78 is 11.8. The third-order valence-corrected chi connectivity index (χ3v) is 4.42. The standard InChI is InChI=1S/C20H21N3O4/c1-12(16-11-13(26-3)9-10-17(16)27-4)21-19(24)18-14-7-5-6-8-15(14)20(25)23(2)22-18/h5-12H,1-4H3,(H,21,24)/t12-/m1/s1. The van der Waals surface area contributed by atoms with E-state index >= 15 is 0 Å². The number of hydrogen-bond acceptors (Lipinski definition) is 5. The quantitative estimate of drug-likeness (QED) is 0.749. The molecule has 2 aromatic carbocycles. The van der Waals surface area contributed by atoms with Gasteiger partial charge in [-0.15, -0.1) is 0 Å². The zero-order chi connectivity index (χ0) is 19.6. The molecule has 1 heterocycles. The number of hydrogen-bond donors (Lipinski definition) is 1. The topological polar surface area (TPSA) is 82.4 Å². The third kappa shape index (κ3) is 3.48. The molecule has 0 aliphatic heterocycles. The van der Waals surface area contributed by atoms with Gasteiger partial charge in [0, 0.05) is 18.0 Å². The summed E-state index contributed by atoms with van der Waals surface area (Å²) in [7, 11) is 4.68. The molecule has 27 heavy (non-hydrogen) atoms. The number of nitrogens with zero attached hydrogens (tertiary/aromatic N) is 2. The number of fused-ring (bicyclic) bond motifs is 1. The van der Waals surface area contributed by atoms with E-state index in [2.05, 4.69) is 10.4 Å². The van der Waals surface area contributed by atoms with Crippen LogP contribution >= 0.6 is 0 Å². The molecule has 7 heteroatoms. The Balaban J connectivity index is 1.98. The lowest BCUT2D eigenvalue weighted by atomic mass is 10.1. The van der Waals surface area contributed by atoms with Crippen molar-refractivity contribution in [3.8, 4) is 11.5 Å². The van der Waals surface area contributed by atoms with E-state index in [0.29, 0.717) is 22.3 Å². The average molecular weight is 367 g/mol. The smallest absolute Gasteiger partial charge is 0.274 e. The second kappa shape index (κ2) is 7.49. The van der Waals surface area contributed by atoms with Gasteiger partial charge < -0.3 is 14.8 Å². The van der Waals surface area contributed by atoms with Crippen molar-refractivity contribution in [1.82, 2.24) is 15.1 Å². The Morgan fingerprint density at radius 3 is 2.48 bits per heavy atom. The van der Waals surface area contributed by atoms with E-state index in [0.717, 1.165) is 5.56 Å². The van der Waals surface area contributed by atoms with Crippen molar-refractivity contribution in [2.45, 2.75) is 13.0 Å². The number of carbonyl (C=O) groups is 1. The molecule has 3 rings (SSSR count). The van der Waals surface area contributed by atoms with Crippen molar-refractivity contribution in [3.05, 3.63) is 64.1 Å². The van der Waals surface area contributed by atoms with Gasteiger partial charge in [0.25, 0.3) is 11.5 Å². The maximum Gasteiger partial charge on any atom is 0.274 e. The summed E-state index contributed by atoms with van der Waals surface area (Å²) in [6.07, 6.45) is 0. The van der Waals surface area contributed by atoms with Gasteiger partial charge in [0.05, 0.1) is 25.6 Å². The van der Waals surface area contributed by atoms with Crippen molar-refractivity contribution < 1.29 is 14.3 Å². The van der Waals surface area contributed by atoms with Gasteiger partial charge in [-0.2, -0.15) is 5.10 Å². The van der Waals surface area contributed by atoms with E-state index in [9.17, 15) is 9.59 Å². The molecule has 0 aliphatic rings. The predicted octanol–water partition coefficient (Wildman–Crippen LogP) is 2.44. The SMILES string of the molecule is COc1ccc(OC)c([C@@H](C)NC(=O)c2nn(C)c(=O)c3ccccc23)c1. The van der Waals surface area contributed by atoms with E-state index in [-0.39, 0.29) is 23.2 Å². The first-order chi connectivity index (χ1) is 13.0. The molecular formula is C20H21N3O4. The number of amides is 1. The van der Waals surface area contributed by atoms with Crippen molar-refractivity contribution in [2.24, 2.45) is 7.05 Å². The van der Waals surface area contributed by atoms with Gasteiger partial charge in [-0.1, -0.05) is 18.2 Å². The van der Waals surface area contributed by atoms with Crippen LogP contribution in [0.3, 0.4) is 0 Å². The average Bonchev–Trinajstić information content (AvgIpc) is 2.70. The van der Waals surface area contributed by atoms with E-state index in [4.69, 9.17) is 9.47 Å². The lowest BCUT2D eigenvalue weighted by molar-refractivity contribution is 0.0934. The van der Waals surface area contributed by atoms with Gasteiger partial charge in [0.2, 0.25) is 0 Å². The van der Waals surface area contributed by atoms with Crippen molar-refractivity contribution in [2.75, 3.05) is 14.2 Å². The van der Waals surface area contributed by atoms with Crippen LogP contribution in [0.15, 0.2) is 47.3 Å². The molecule has 0 spiro atoms. The molecule has 7 nitrogen and oxygen atoms in total. The highest BCUT2D eigenvalue weighted by atomic mass is 16.5. The number of nitrogens with one attached hydrogen (secondary N) is 1. The van der Waals surface area contributed by atoms with Crippen LogP contribution in [0.1, 0.15) is 29.0 Å². The molecule has 0 radical (unpaired) electrons. The summed E-state index contributed by atoms with van der Waals surface area (Å²) in [6, 6.07) is 12.0. The summed E-state index contributed by atoms with van der Waals surface area (Å²) in [6.45, 7) is 1.85. The number of carbonyl (C=O) groups excluding carboxylic acids is 1. The number of aryl methyl sites for hydroxylation is 1. The highest BCUT2D eigenvalue weighted by Crippen LogP contribution is 2.29. The molecule has 1 atom stereocenters. The monoisotopic (exact) mass is 367 g/mol. The Labute approximate surface area is 156 Å². The molecule has 3 aromatic rings. The summed E-state index contributed by atoms with van der Waals surface area (Å²) in [4.78, 5) is 25.1. The molecule has 0 unspecified atom stereocenters. The molecule has 0 saturated heterocycles. The normalized spacial score (nSPS) is 11.9. The van der Waals surface area contributed by atoms with Gasteiger partial charge in [0.1, 0.15) is 11.5 Å². The molecular weight excluding hydrogens is 346 g/mol. The van der Waals surface area contributed by atoms with Crippen LogP contribution in [0.2, 0.25) is 0 Å². The zero-order valence-electron chi connectivity index (χ0n) is 15.6. The van der Waals surface area contributed by atoms with Crippen LogP contribution in [-0.2, 0) is 7.05 Å². The molecule has 1 N–H and O–H groups in total. The Morgan fingerprint density at radius 1 is 1.11 bits per heavy atom. The number of ether oxygens (including phenoxy) is 2. The predicted molar refractivity (Wildman–Crippen MR) is 102 cm³/mol. The fourth-order valence-electron chi connectivity index (χ4n) is 2.99. The van der Waals surface area contributed by atoms with Crippen LogP contribution in [-0.4, -0.2) is 29.9 Å². The fraction of sp³-hybridized carbons (Fsp3) is 0.250. The minimum absolute atomic E-state index is 0.196. The number of benzene rings is 2. The number of methoxy groups -OCH3 is 2. The summed E-state index contributed by atoms with van der Waals surface area (Å²) in [5.41, 5.74) is 0.727. The van der Waals surface area contributed by atoms with Crippen LogP contribution in [0.25, 0.3) is 10.8 Å². The summed E-state index contributed by atoms with van der Waals surface area (Å²) >= 11 is 0. The largest absolute Gasteiger partial charge is 0.497 e. The van der Waals surface area contributed by atoms with E-state index < -0.39 is 0 Å². The minimum atomic E-state index is -0.376. The summed E-state index contributed by atoms with van der Waals surface area (Å²) in [5, 5.41) is 8.05. The first kappa shape index (κ1) is 18.4. The molecule has 0 bridgehead atoms. The highest BCUT2D eigenvalue weighted by Gasteiger charge is 2.20. The fourth-order valence-corrected chi connectivity index (χ4v) is 2.99. The van der Waals surface area contributed by atoms with Gasteiger partial charge in [0.15, 0.2) is 5.69 Å². The third-order valence-electron chi connectivity index (χ3n) is 4.42. The van der Waals surface area contributed by atoms with Crippen molar-refractivity contribution in [3.63, 3.8) is 0 Å². The lowest BCUT2D eigenvalue weighted by Gasteiger charge is -2.18. The number of rotatable bonds is 5. The maximum atomic E-state index is 12.9. The van der Waals surface area contributed by atoms with Gasteiger partial charge in [-0.05, 0) is 31.2 Å². The lowest BCUT2D eigenvalue weighted by Crippen LogP contribution is -2.31. The molecule has 0 fully saturated rings. The molecule has 140 valence electrons. The van der Waals surface area contributed by atoms with Gasteiger partial charge >= 0.3 is 0 Å². The Morgan fingerprint density at radius 2 is 1.81 bits per heavy atom. The zero-order valence-corrected chi connectivity index (χ0v) is 15.6. The molecule has 1 amide bonds. The molecule has 0 aliphatic carbocycles. The van der Waals surface area contributed by atoms with Crippen LogP contribution in [0.5, 0.6) is 11.5 Å². The number of aromatic nitrogens is 2. The highest BCUT2D eigenvalue weighted by molar-refractivity contribution is 6.04. The van der Waals surface area contributed by atoms with Crippen LogP contribution < -0.4 is 20.3 Å². The van der Waals surface area contributed by atoms with E-state index in [1.807, 2.05) is 13.0 Å². The van der Waals surface area contributed by atoms with E-state index in [1.165, 1.54) is 11.7 Å². The van der Waals surface area contributed by atoms with Crippen molar-refractivity contribution >= 4 is 16.7 Å². The maximum absolute atomic E-state index is 12.9. The second-order valence-electron chi connectivity index (χ2n) is 6.13.